The molecule has 1 aliphatic carbocycles. The van der Waals surface area contributed by atoms with Gasteiger partial charge in [0.25, 0.3) is 5.91 Å². The molecule has 118 valence electrons. The predicted molar refractivity (Wildman–Crippen MR) is 80.4 cm³/mol. The van der Waals surface area contributed by atoms with E-state index in [1.807, 2.05) is 6.07 Å². The molecule has 2 rings (SSSR count). The van der Waals surface area contributed by atoms with Gasteiger partial charge in [-0.2, -0.15) is 0 Å². The Labute approximate surface area is 129 Å². The molecule has 0 aliphatic heterocycles. The van der Waals surface area contributed by atoms with Gasteiger partial charge in [-0.25, -0.2) is 9.59 Å². The van der Waals surface area contributed by atoms with E-state index >= 15 is 0 Å². The van der Waals surface area contributed by atoms with Crippen molar-refractivity contribution in [2.75, 3.05) is 6.61 Å². The van der Waals surface area contributed by atoms with Gasteiger partial charge in [0.15, 0.2) is 6.61 Å². The Morgan fingerprint density at radius 3 is 2.55 bits per heavy atom. The highest BCUT2D eigenvalue weighted by atomic mass is 16.5. The van der Waals surface area contributed by atoms with E-state index in [0.717, 1.165) is 31.2 Å². The average molecular weight is 304 g/mol. The minimum absolute atomic E-state index is 0.127. The maximum Gasteiger partial charge on any atom is 0.338 e. The van der Waals surface area contributed by atoms with Crippen LogP contribution in [0.25, 0.3) is 0 Å². The first-order chi connectivity index (χ1) is 10.6. The number of benzene rings is 1. The summed E-state index contributed by atoms with van der Waals surface area (Å²) in [6.07, 6.45) is 4.05. The molecule has 1 aromatic rings. The lowest BCUT2D eigenvalue weighted by molar-refractivity contribution is -0.123. The lowest BCUT2D eigenvalue weighted by Gasteiger charge is -2.12. The summed E-state index contributed by atoms with van der Waals surface area (Å²) in [6.45, 7) is 1.30. The van der Waals surface area contributed by atoms with Crippen LogP contribution in [0.1, 0.15) is 41.6 Å². The third-order valence-corrected chi connectivity index (χ3v) is 3.64. The number of nitrogens with one attached hydrogen (secondary N) is 2. The van der Waals surface area contributed by atoms with Gasteiger partial charge in [-0.15, -0.1) is 0 Å². The molecule has 1 fully saturated rings. The molecular formula is C16H20N2O4. The van der Waals surface area contributed by atoms with Crippen LogP contribution in [0.3, 0.4) is 0 Å². The van der Waals surface area contributed by atoms with Crippen molar-refractivity contribution in [1.82, 2.24) is 10.6 Å². The van der Waals surface area contributed by atoms with Gasteiger partial charge in [0.2, 0.25) is 0 Å². The van der Waals surface area contributed by atoms with Gasteiger partial charge in [0.1, 0.15) is 0 Å². The zero-order valence-corrected chi connectivity index (χ0v) is 12.6. The van der Waals surface area contributed by atoms with Crippen molar-refractivity contribution < 1.29 is 19.1 Å². The van der Waals surface area contributed by atoms with Gasteiger partial charge in [0, 0.05) is 6.04 Å². The Hall–Kier alpha value is -2.37. The molecule has 0 radical (unpaired) electrons. The smallest absolute Gasteiger partial charge is 0.338 e. The number of amides is 3. The number of imide groups is 1. The molecule has 0 spiro atoms. The van der Waals surface area contributed by atoms with Crippen molar-refractivity contribution in [3.63, 3.8) is 0 Å². The number of hydrogen-bond donors (Lipinski definition) is 2. The van der Waals surface area contributed by atoms with Crippen molar-refractivity contribution in [2.24, 2.45) is 0 Å². The number of carbonyl (C=O) groups is 3. The second-order valence-corrected chi connectivity index (χ2v) is 5.39. The first kappa shape index (κ1) is 16.0. The summed E-state index contributed by atoms with van der Waals surface area (Å²) in [5, 5.41) is 4.89. The van der Waals surface area contributed by atoms with Crippen molar-refractivity contribution >= 4 is 17.9 Å². The summed E-state index contributed by atoms with van der Waals surface area (Å²) >= 11 is 0. The lowest BCUT2D eigenvalue weighted by atomic mass is 10.1. The normalized spacial score (nSPS) is 14.4. The van der Waals surface area contributed by atoms with Crippen LogP contribution in [0.15, 0.2) is 24.3 Å². The molecule has 0 saturated heterocycles. The van der Waals surface area contributed by atoms with Crippen LogP contribution in [-0.2, 0) is 9.53 Å². The molecule has 22 heavy (non-hydrogen) atoms. The summed E-state index contributed by atoms with van der Waals surface area (Å²) in [5.41, 5.74) is 1.18. The lowest BCUT2D eigenvalue weighted by Crippen LogP contribution is -2.45. The van der Waals surface area contributed by atoms with Gasteiger partial charge < -0.3 is 10.1 Å². The molecule has 6 nitrogen and oxygen atoms in total. The van der Waals surface area contributed by atoms with Crippen LogP contribution in [0.5, 0.6) is 0 Å². The first-order valence-corrected chi connectivity index (χ1v) is 7.39. The fourth-order valence-corrected chi connectivity index (χ4v) is 2.47. The van der Waals surface area contributed by atoms with E-state index in [-0.39, 0.29) is 6.04 Å². The highest BCUT2D eigenvalue weighted by Gasteiger charge is 2.19. The third kappa shape index (κ3) is 4.58. The molecule has 1 aliphatic rings. The standard InChI is InChI=1S/C16H20N2O4/c1-11-6-2-5-9-13(11)15(20)22-10-14(19)18-16(21)17-12-7-3-4-8-12/h2,5-6,9,12H,3-4,7-8,10H2,1H3,(H2,17,18,19,21). The predicted octanol–water partition coefficient (Wildman–Crippen LogP) is 1.92. The molecule has 6 heteroatoms. The molecule has 1 aromatic carbocycles. The second kappa shape index (κ2) is 7.59. The van der Waals surface area contributed by atoms with E-state index in [0.29, 0.717) is 5.56 Å². The fourth-order valence-electron chi connectivity index (χ4n) is 2.47. The Bertz CT molecular complexity index is 565. The highest BCUT2D eigenvalue weighted by molar-refractivity contribution is 5.97. The van der Waals surface area contributed by atoms with Crippen molar-refractivity contribution in [2.45, 2.75) is 38.6 Å². The molecular weight excluding hydrogens is 284 g/mol. The summed E-state index contributed by atoms with van der Waals surface area (Å²) in [7, 11) is 0. The number of urea groups is 1. The summed E-state index contributed by atoms with van der Waals surface area (Å²) < 4.78 is 4.91. The monoisotopic (exact) mass is 304 g/mol. The first-order valence-electron chi connectivity index (χ1n) is 7.39. The minimum Gasteiger partial charge on any atom is -0.452 e. The van der Waals surface area contributed by atoms with Crippen molar-refractivity contribution in [1.29, 1.82) is 0 Å². The number of esters is 1. The van der Waals surface area contributed by atoms with E-state index in [2.05, 4.69) is 10.6 Å². The van der Waals surface area contributed by atoms with E-state index in [4.69, 9.17) is 4.74 Å². The number of rotatable bonds is 4. The van der Waals surface area contributed by atoms with Crippen LogP contribution < -0.4 is 10.6 Å². The molecule has 0 atom stereocenters. The topological polar surface area (TPSA) is 84.5 Å². The summed E-state index contributed by atoms with van der Waals surface area (Å²) in [6, 6.07) is 6.53. The Morgan fingerprint density at radius 1 is 1.18 bits per heavy atom. The van der Waals surface area contributed by atoms with E-state index in [9.17, 15) is 14.4 Å². The number of aryl methyl sites for hydroxylation is 1. The van der Waals surface area contributed by atoms with Crippen LogP contribution in [0, 0.1) is 6.92 Å². The van der Waals surface area contributed by atoms with Crippen LogP contribution in [-0.4, -0.2) is 30.6 Å². The van der Waals surface area contributed by atoms with Crippen LogP contribution in [0.2, 0.25) is 0 Å². The number of ether oxygens (including phenoxy) is 1. The Balaban J connectivity index is 1.74. The summed E-state index contributed by atoms with van der Waals surface area (Å²) in [4.78, 5) is 35.0. The quantitative estimate of drug-likeness (QED) is 0.832. The molecule has 0 heterocycles. The molecule has 0 aromatic heterocycles. The SMILES string of the molecule is Cc1ccccc1C(=O)OCC(=O)NC(=O)NC1CCCC1. The van der Waals surface area contributed by atoms with Crippen molar-refractivity contribution in [3.05, 3.63) is 35.4 Å². The third-order valence-electron chi connectivity index (χ3n) is 3.64. The van der Waals surface area contributed by atoms with E-state index < -0.39 is 24.5 Å². The average Bonchev–Trinajstić information content (AvgIpc) is 2.98. The fraction of sp³-hybridized carbons (Fsp3) is 0.438. The van der Waals surface area contributed by atoms with Gasteiger partial charge >= 0.3 is 12.0 Å². The summed E-state index contributed by atoms with van der Waals surface area (Å²) in [5.74, 6) is -1.22. The largest absolute Gasteiger partial charge is 0.452 e. The number of hydrogen-bond acceptors (Lipinski definition) is 4. The molecule has 3 amide bonds. The zero-order chi connectivity index (χ0) is 15.9. The maximum absolute atomic E-state index is 11.8. The second-order valence-electron chi connectivity index (χ2n) is 5.39. The number of carbonyl (C=O) groups excluding carboxylic acids is 3. The van der Waals surface area contributed by atoms with Gasteiger partial charge in [-0.05, 0) is 31.4 Å². The zero-order valence-electron chi connectivity index (χ0n) is 12.6. The van der Waals surface area contributed by atoms with Crippen LogP contribution >= 0.6 is 0 Å². The Kier molecular flexibility index (Phi) is 5.52. The van der Waals surface area contributed by atoms with Gasteiger partial charge in [-0.1, -0.05) is 31.0 Å². The highest BCUT2D eigenvalue weighted by Crippen LogP contribution is 2.17. The van der Waals surface area contributed by atoms with E-state index in [1.54, 1.807) is 25.1 Å². The molecule has 0 bridgehead atoms. The maximum atomic E-state index is 11.8. The van der Waals surface area contributed by atoms with E-state index in [1.165, 1.54) is 0 Å². The van der Waals surface area contributed by atoms with Crippen molar-refractivity contribution in [3.8, 4) is 0 Å². The van der Waals surface area contributed by atoms with Gasteiger partial charge in [0.05, 0.1) is 5.56 Å². The molecule has 2 N–H and O–H groups in total. The Morgan fingerprint density at radius 2 is 1.86 bits per heavy atom. The molecule has 1 saturated carbocycles. The van der Waals surface area contributed by atoms with Crippen LogP contribution in [0.4, 0.5) is 4.79 Å². The van der Waals surface area contributed by atoms with Gasteiger partial charge in [-0.3, -0.25) is 10.1 Å². The molecule has 0 unspecified atom stereocenters. The minimum atomic E-state index is -0.641.